The van der Waals surface area contributed by atoms with Gasteiger partial charge < -0.3 is 24.8 Å². The van der Waals surface area contributed by atoms with E-state index in [4.69, 9.17) is 21.1 Å². The van der Waals surface area contributed by atoms with Crippen molar-refractivity contribution in [1.29, 1.82) is 0 Å². The zero-order chi connectivity index (χ0) is 22.7. The number of imidazole rings is 2. The van der Waals surface area contributed by atoms with E-state index in [-0.39, 0.29) is 0 Å². The van der Waals surface area contributed by atoms with Crippen molar-refractivity contribution < 1.29 is 9.47 Å². The predicted octanol–water partition coefficient (Wildman–Crippen LogP) is 3.30. The van der Waals surface area contributed by atoms with Crippen LogP contribution in [0.5, 0.6) is 0 Å². The maximum absolute atomic E-state index is 5.60. The largest absolute Gasteiger partial charge is 0.379 e. The smallest absolute Gasteiger partial charge is 0.122 e. The number of hydrogen-bond acceptors (Lipinski definition) is 6. The van der Waals surface area contributed by atoms with Gasteiger partial charge in [0, 0.05) is 26.2 Å². The van der Waals surface area contributed by atoms with Gasteiger partial charge in [-0.05, 0) is 24.3 Å². The van der Waals surface area contributed by atoms with Crippen LogP contribution in [-0.4, -0.2) is 77.4 Å². The lowest BCUT2D eigenvalue weighted by Gasteiger charge is -2.25. The minimum atomic E-state index is 0.439. The van der Waals surface area contributed by atoms with E-state index in [1.807, 2.05) is 42.5 Å². The number of nitrogens with zero attached hydrogens (tertiary/aromatic N) is 3. The molecule has 9 heteroatoms. The third-order valence-electron chi connectivity index (χ3n) is 5.33. The molecule has 2 aliphatic heterocycles. The first kappa shape index (κ1) is 23.7. The van der Waals surface area contributed by atoms with Crippen molar-refractivity contribution in [3.63, 3.8) is 0 Å². The van der Waals surface area contributed by atoms with Crippen LogP contribution in [0.25, 0.3) is 22.1 Å². The second-order valence-corrected chi connectivity index (χ2v) is 8.05. The molecule has 176 valence electrons. The molecule has 33 heavy (non-hydrogen) atoms. The van der Waals surface area contributed by atoms with Crippen molar-refractivity contribution >= 4 is 33.7 Å². The second-order valence-electron chi connectivity index (χ2n) is 7.79. The number of fused-ring (bicyclic) bond motifs is 2. The number of ether oxygens (including phenoxy) is 2. The highest BCUT2D eigenvalue weighted by Crippen LogP contribution is 2.12. The highest BCUT2D eigenvalue weighted by molar-refractivity contribution is 6.16. The monoisotopic (exact) mass is 470 g/mol. The van der Waals surface area contributed by atoms with Crippen molar-refractivity contribution in [3.8, 4) is 0 Å². The van der Waals surface area contributed by atoms with Crippen molar-refractivity contribution in [1.82, 2.24) is 30.2 Å². The first-order valence-electron chi connectivity index (χ1n) is 11.3. The average Bonchev–Trinajstić information content (AvgIpc) is 3.50. The Morgan fingerprint density at radius 3 is 1.82 bits per heavy atom. The van der Waals surface area contributed by atoms with Crippen LogP contribution in [0.15, 0.2) is 48.5 Å². The number of hydrogen-bond donors (Lipinski definition) is 3. The molecular formula is C24H31ClN6O2. The molecule has 0 bridgehead atoms. The summed E-state index contributed by atoms with van der Waals surface area (Å²) in [5.74, 6) is 2.31. The van der Waals surface area contributed by atoms with E-state index in [1.54, 1.807) is 0 Å². The number of aromatic nitrogens is 4. The maximum atomic E-state index is 5.60. The first-order valence-corrected chi connectivity index (χ1v) is 11.9. The molecule has 2 saturated heterocycles. The molecule has 0 atom stereocenters. The fourth-order valence-corrected chi connectivity index (χ4v) is 3.76. The molecule has 2 aromatic carbocycles. The standard InChI is InChI=1S/C12H15N3O.C8H7ClN2.C4H9NO/c1-2-4-11-10(3-1)13-12(14-11)9-15-5-7-16-8-6-15;9-5-8-10-6-3-1-2-4-7(6)11-8;1-3-6-4-2-5-1/h1-4H,5-9H2,(H,13,14);1-4H,5H2,(H,10,11);5H,1-4H2. The summed E-state index contributed by atoms with van der Waals surface area (Å²) in [6.45, 7) is 8.38. The van der Waals surface area contributed by atoms with Crippen LogP contribution in [-0.2, 0) is 21.9 Å². The van der Waals surface area contributed by atoms with E-state index >= 15 is 0 Å². The quantitative estimate of drug-likeness (QED) is 0.398. The zero-order valence-corrected chi connectivity index (χ0v) is 19.5. The van der Waals surface area contributed by atoms with Crippen LogP contribution in [0.3, 0.4) is 0 Å². The molecule has 4 heterocycles. The van der Waals surface area contributed by atoms with Crippen molar-refractivity contribution in [2.24, 2.45) is 0 Å². The molecule has 0 radical (unpaired) electrons. The third kappa shape index (κ3) is 7.25. The molecule has 0 amide bonds. The zero-order valence-electron chi connectivity index (χ0n) is 18.7. The Morgan fingerprint density at radius 1 is 0.758 bits per heavy atom. The lowest BCUT2D eigenvalue weighted by molar-refractivity contribution is 0.0332. The molecule has 4 aromatic rings. The fourth-order valence-electron chi connectivity index (χ4n) is 3.64. The van der Waals surface area contributed by atoms with Gasteiger partial charge in [0.15, 0.2) is 0 Å². The van der Waals surface area contributed by atoms with Crippen molar-refractivity contribution in [3.05, 3.63) is 60.2 Å². The fraction of sp³-hybridized carbons (Fsp3) is 0.417. The maximum Gasteiger partial charge on any atom is 0.122 e. The van der Waals surface area contributed by atoms with Crippen LogP contribution in [0.4, 0.5) is 0 Å². The van der Waals surface area contributed by atoms with E-state index in [1.165, 1.54) is 0 Å². The second kappa shape index (κ2) is 12.7. The van der Waals surface area contributed by atoms with Crippen molar-refractivity contribution in [2.45, 2.75) is 12.4 Å². The minimum absolute atomic E-state index is 0.439. The minimum Gasteiger partial charge on any atom is -0.379 e. The van der Waals surface area contributed by atoms with Gasteiger partial charge in [0.1, 0.15) is 11.6 Å². The highest BCUT2D eigenvalue weighted by atomic mass is 35.5. The summed E-state index contributed by atoms with van der Waals surface area (Å²) in [5, 5.41) is 3.16. The molecule has 2 fully saturated rings. The number of nitrogens with one attached hydrogen (secondary N) is 3. The van der Waals surface area contributed by atoms with Crippen LogP contribution < -0.4 is 5.32 Å². The molecule has 3 N–H and O–H groups in total. The summed E-state index contributed by atoms with van der Waals surface area (Å²) < 4.78 is 10.3. The molecule has 0 spiro atoms. The highest BCUT2D eigenvalue weighted by Gasteiger charge is 2.12. The number of H-pyrrole nitrogens is 2. The molecular weight excluding hydrogens is 440 g/mol. The number of halogens is 1. The normalized spacial score (nSPS) is 16.6. The summed E-state index contributed by atoms with van der Waals surface area (Å²) in [6, 6.07) is 16.0. The molecule has 2 aliphatic rings. The number of benzene rings is 2. The van der Waals surface area contributed by atoms with Crippen LogP contribution in [0.1, 0.15) is 11.6 Å². The van der Waals surface area contributed by atoms with Gasteiger partial charge >= 0.3 is 0 Å². The average molecular weight is 471 g/mol. The number of aromatic amines is 2. The SMILES string of the molecule is C1COCCN1.ClCc1nc2ccccc2[nH]1.c1ccc2[nH]c(CN3CCOCC3)nc2c1. The molecule has 0 unspecified atom stereocenters. The van der Waals surface area contributed by atoms with E-state index in [0.717, 1.165) is 92.9 Å². The Morgan fingerprint density at radius 2 is 1.30 bits per heavy atom. The Kier molecular flexibility index (Phi) is 9.08. The predicted molar refractivity (Wildman–Crippen MR) is 132 cm³/mol. The van der Waals surface area contributed by atoms with Gasteiger partial charge in [0.2, 0.25) is 0 Å². The van der Waals surface area contributed by atoms with Crippen molar-refractivity contribution in [2.75, 3.05) is 52.6 Å². The van der Waals surface area contributed by atoms with E-state index in [9.17, 15) is 0 Å². The Balaban J connectivity index is 0.000000132. The van der Waals surface area contributed by atoms with Crippen LogP contribution in [0.2, 0.25) is 0 Å². The molecule has 6 rings (SSSR count). The number of rotatable bonds is 3. The van der Waals surface area contributed by atoms with Gasteiger partial charge in [-0.3, -0.25) is 4.90 Å². The van der Waals surface area contributed by atoms with E-state index in [0.29, 0.717) is 5.88 Å². The Hall–Kier alpha value is -2.49. The van der Waals surface area contributed by atoms with Gasteiger partial charge in [-0.1, -0.05) is 24.3 Å². The molecule has 8 nitrogen and oxygen atoms in total. The van der Waals surface area contributed by atoms with Gasteiger partial charge in [0.25, 0.3) is 0 Å². The topological polar surface area (TPSA) is 91.1 Å². The number of para-hydroxylation sites is 4. The number of morpholine rings is 2. The van der Waals surface area contributed by atoms with Gasteiger partial charge in [-0.2, -0.15) is 0 Å². The summed E-state index contributed by atoms with van der Waals surface area (Å²) in [6.07, 6.45) is 0. The molecule has 0 aliphatic carbocycles. The first-order chi connectivity index (χ1) is 16.3. The van der Waals surface area contributed by atoms with E-state index < -0.39 is 0 Å². The Bertz CT molecular complexity index is 1030. The van der Waals surface area contributed by atoms with Gasteiger partial charge in [0.05, 0.1) is 60.9 Å². The van der Waals surface area contributed by atoms with Crippen LogP contribution >= 0.6 is 11.6 Å². The summed E-state index contributed by atoms with van der Waals surface area (Å²) in [5.41, 5.74) is 4.18. The number of alkyl halides is 1. The lowest BCUT2D eigenvalue weighted by Crippen LogP contribution is -2.35. The van der Waals surface area contributed by atoms with Gasteiger partial charge in [-0.25, -0.2) is 9.97 Å². The lowest BCUT2D eigenvalue weighted by atomic mass is 10.3. The molecule has 0 saturated carbocycles. The van der Waals surface area contributed by atoms with E-state index in [2.05, 4.69) is 36.2 Å². The van der Waals surface area contributed by atoms with Gasteiger partial charge in [-0.15, -0.1) is 11.6 Å². The molecule has 2 aromatic heterocycles. The van der Waals surface area contributed by atoms with Crippen LogP contribution in [0, 0.1) is 0 Å². The third-order valence-corrected chi connectivity index (χ3v) is 5.58. The Labute approximate surface area is 198 Å². The summed E-state index contributed by atoms with van der Waals surface area (Å²) in [4.78, 5) is 17.6. The summed E-state index contributed by atoms with van der Waals surface area (Å²) in [7, 11) is 0. The summed E-state index contributed by atoms with van der Waals surface area (Å²) >= 11 is 5.60.